The fourth-order valence-electron chi connectivity index (χ4n) is 3.05. The zero-order valence-electron chi connectivity index (χ0n) is 15.4. The summed E-state index contributed by atoms with van der Waals surface area (Å²) in [6.07, 6.45) is 4.10. The maximum atomic E-state index is 12.3. The maximum absolute atomic E-state index is 12.3. The van der Waals surface area contributed by atoms with Crippen LogP contribution in [0.25, 0.3) is 0 Å². The molecule has 8 heteroatoms. The Bertz CT molecular complexity index is 755. The van der Waals surface area contributed by atoms with Crippen LogP contribution in [0.3, 0.4) is 0 Å². The van der Waals surface area contributed by atoms with Crippen LogP contribution in [0.1, 0.15) is 43.0 Å². The van der Waals surface area contributed by atoms with Crippen LogP contribution in [-0.4, -0.2) is 51.9 Å². The number of nitrogens with zero attached hydrogens (tertiary/aromatic N) is 1. The summed E-state index contributed by atoms with van der Waals surface area (Å²) in [6.45, 7) is 1.85. The zero-order chi connectivity index (χ0) is 19.3. The molecule has 0 unspecified atom stereocenters. The summed E-state index contributed by atoms with van der Waals surface area (Å²) in [5, 5.41) is 0. The Kier molecular flexibility index (Phi) is 6.77. The Morgan fingerprint density at radius 2 is 1.88 bits per heavy atom. The lowest BCUT2D eigenvalue weighted by Gasteiger charge is -2.33. The lowest BCUT2D eigenvalue weighted by molar-refractivity contribution is -0.136. The molecule has 26 heavy (non-hydrogen) atoms. The van der Waals surface area contributed by atoms with Crippen molar-refractivity contribution >= 4 is 21.9 Å². The standard InChI is InChI=1S/C18H26N2O5S/c1-13-7-9-15(10-8-13)20(3)17(21)12-25-18(22)14-5-4-6-16(11-14)26(23,24)19-2/h4-6,11,13,15,19H,7-10,12H2,1-3H3. The van der Waals surface area contributed by atoms with E-state index in [9.17, 15) is 18.0 Å². The van der Waals surface area contributed by atoms with Gasteiger partial charge in [0.25, 0.3) is 5.91 Å². The van der Waals surface area contributed by atoms with E-state index in [0.29, 0.717) is 5.92 Å². The Morgan fingerprint density at radius 1 is 1.23 bits per heavy atom. The Morgan fingerprint density at radius 3 is 2.50 bits per heavy atom. The molecule has 0 radical (unpaired) electrons. The molecule has 1 aliphatic carbocycles. The zero-order valence-corrected chi connectivity index (χ0v) is 16.2. The van der Waals surface area contributed by atoms with E-state index in [1.54, 1.807) is 11.9 Å². The molecule has 0 saturated heterocycles. The highest BCUT2D eigenvalue weighted by atomic mass is 32.2. The van der Waals surface area contributed by atoms with Crippen LogP contribution in [0.4, 0.5) is 0 Å². The Labute approximate surface area is 154 Å². The van der Waals surface area contributed by atoms with Crippen molar-refractivity contribution < 1.29 is 22.7 Å². The van der Waals surface area contributed by atoms with Crippen LogP contribution in [0.5, 0.6) is 0 Å². The molecular formula is C18H26N2O5S. The first-order valence-electron chi connectivity index (χ1n) is 8.71. The van der Waals surface area contributed by atoms with Gasteiger partial charge in [-0.2, -0.15) is 0 Å². The molecule has 0 aromatic heterocycles. The number of benzene rings is 1. The van der Waals surface area contributed by atoms with Gasteiger partial charge in [-0.05, 0) is 56.8 Å². The maximum Gasteiger partial charge on any atom is 0.338 e. The minimum absolute atomic E-state index is 0.0331. The SMILES string of the molecule is CNS(=O)(=O)c1cccc(C(=O)OCC(=O)N(C)C2CCC(C)CC2)c1. The van der Waals surface area contributed by atoms with Crippen molar-refractivity contribution in [3.63, 3.8) is 0 Å². The van der Waals surface area contributed by atoms with Gasteiger partial charge in [-0.15, -0.1) is 0 Å². The minimum atomic E-state index is -3.65. The highest BCUT2D eigenvalue weighted by molar-refractivity contribution is 7.89. The van der Waals surface area contributed by atoms with E-state index in [4.69, 9.17) is 4.74 Å². The number of hydrogen-bond acceptors (Lipinski definition) is 5. The largest absolute Gasteiger partial charge is 0.452 e. The van der Waals surface area contributed by atoms with Gasteiger partial charge in [0.1, 0.15) is 0 Å². The molecule has 7 nitrogen and oxygen atoms in total. The molecule has 0 aliphatic heterocycles. The second kappa shape index (κ2) is 8.64. The molecule has 1 aromatic carbocycles. The lowest BCUT2D eigenvalue weighted by Crippen LogP contribution is -2.41. The van der Waals surface area contributed by atoms with Gasteiger partial charge in [-0.25, -0.2) is 17.9 Å². The van der Waals surface area contributed by atoms with Crippen molar-refractivity contribution in [2.75, 3.05) is 20.7 Å². The molecule has 0 bridgehead atoms. The van der Waals surface area contributed by atoms with Crippen molar-refractivity contribution in [3.05, 3.63) is 29.8 Å². The quantitative estimate of drug-likeness (QED) is 0.757. The van der Waals surface area contributed by atoms with Gasteiger partial charge in [0.15, 0.2) is 6.61 Å². The Balaban J connectivity index is 1.94. The van der Waals surface area contributed by atoms with Crippen molar-refractivity contribution in [1.29, 1.82) is 0 Å². The Hall–Kier alpha value is -1.93. The third-order valence-corrected chi connectivity index (χ3v) is 6.31. The first-order valence-corrected chi connectivity index (χ1v) is 10.2. The van der Waals surface area contributed by atoms with Gasteiger partial charge < -0.3 is 9.64 Å². The molecule has 0 heterocycles. The highest BCUT2D eigenvalue weighted by Gasteiger charge is 2.25. The predicted octanol–water partition coefficient (Wildman–Crippen LogP) is 1.79. The molecule has 0 atom stereocenters. The molecule has 1 fully saturated rings. The van der Waals surface area contributed by atoms with Gasteiger partial charge in [-0.1, -0.05) is 13.0 Å². The summed E-state index contributed by atoms with van der Waals surface area (Å²) < 4.78 is 30.9. The molecule has 0 spiro atoms. The first-order chi connectivity index (χ1) is 12.2. The normalized spacial score (nSPS) is 20.4. The monoisotopic (exact) mass is 382 g/mol. The number of carbonyl (C=O) groups excluding carboxylic acids is 2. The molecule has 144 valence electrons. The van der Waals surface area contributed by atoms with Gasteiger partial charge in [-0.3, -0.25) is 4.79 Å². The number of carbonyl (C=O) groups is 2. The van der Waals surface area contributed by atoms with Crippen molar-refractivity contribution in [2.45, 2.75) is 43.5 Å². The molecule has 1 N–H and O–H groups in total. The number of amides is 1. The average molecular weight is 382 g/mol. The topological polar surface area (TPSA) is 92.8 Å². The number of hydrogen-bond donors (Lipinski definition) is 1. The fraction of sp³-hybridized carbons (Fsp3) is 0.556. The molecule has 1 saturated carbocycles. The summed E-state index contributed by atoms with van der Waals surface area (Å²) in [5.41, 5.74) is 0.0864. The van der Waals surface area contributed by atoms with Crippen LogP contribution in [-0.2, 0) is 19.6 Å². The summed E-state index contributed by atoms with van der Waals surface area (Å²) in [4.78, 5) is 26.0. The second-order valence-corrected chi connectivity index (χ2v) is 8.62. The number of sulfonamides is 1. The van der Waals surface area contributed by atoms with Crippen LogP contribution in [0.2, 0.25) is 0 Å². The van der Waals surface area contributed by atoms with Crippen LogP contribution >= 0.6 is 0 Å². The molecule has 2 rings (SSSR count). The lowest BCUT2D eigenvalue weighted by atomic mass is 9.87. The van der Waals surface area contributed by atoms with E-state index in [0.717, 1.165) is 25.7 Å². The smallest absolute Gasteiger partial charge is 0.338 e. The van der Waals surface area contributed by atoms with E-state index in [1.165, 1.54) is 31.3 Å². The van der Waals surface area contributed by atoms with Crippen molar-refractivity contribution in [1.82, 2.24) is 9.62 Å². The van der Waals surface area contributed by atoms with E-state index < -0.39 is 16.0 Å². The van der Waals surface area contributed by atoms with Crippen LogP contribution in [0.15, 0.2) is 29.2 Å². The van der Waals surface area contributed by atoms with Gasteiger partial charge >= 0.3 is 5.97 Å². The molecule has 1 aliphatic rings. The third kappa shape index (κ3) is 5.04. The highest BCUT2D eigenvalue weighted by Crippen LogP contribution is 2.26. The fourth-order valence-corrected chi connectivity index (χ4v) is 3.83. The number of nitrogens with one attached hydrogen (secondary N) is 1. The summed E-state index contributed by atoms with van der Waals surface area (Å²) >= 11 is 0. The van der Waals surface area contributed by atoms with Crippen molar-refractivity contribution in [3.8, 4) is 0 Å². The van der Waals surface area contributed by atoms with Crippen LogP contribution < -0.4 is 4.72 Å². The number of likely N-dealkylation sites (N-methyl/N-ethyl adjacent to an activating group) is 1. The predicted molar refractivity (Wildman–Crippen MR) is 97.2 cm³/mol. The number of ether oxygens (including phenoxy) is 1. The van der Waals surface area contributed by atoms with E-state index in [1.807, 2.05) is 0 Å². The van der Waals surface area contributed by atoms with Crippen molar-refractivity contribution in [2.24, 2.45) is 5.92 Å². The van der Waals surface area contributed by atoms with E-state index in [-0.39, 0.29) is 29.0 Å². The third-order valence-electron chi connectivity index (χ3n) is 4.90. The van der Waals surface area contributed by atoms with Gasteiger partial charge in [0, 0.05) is 13.1 Å². The number of esters is 1. The molecular weight excluding hydrogens is 356 g/mol. The summed E-state index contributed by atoms with van der Waals surface area (Å²) in [6, 6.07) is 5.70. The average Bonchev–Trinajstić information content (AvgIpc) is 2.65. The number of rotatable bonds is 6. The van der Waals surface area contributed by atoms with E-state index in [2.05, 4.69) is 11.6 Å². The van der Waals surface area contributed by atoms with E-state index >= 15 is 0 Å². The summed E-state index contributed by atoms with van der Waals surface area (Å²) in [5.74, 6) is -0.289. The van der Waals surface area contributed by atoms with Gasteiger partial charge in [0.05, 0.1) is 10.5 Å². The summed E-state index contributed by atoms with van der Waals surface area (Å²) in [7, 11) is -0.625. The molecule has 1 aromatic rings. The van der Waals surface area contributed by atoms with Gasteiger partial charge in [0.2, 0.25) is 10.0 Å². The minimum Gasteiger partial charge on any atom is -0.452 e. The second-order valence-electron chi connectivity index (χ2n) is 6.73. The molecule has 1 amide bonds. The first kappa shape index (κ1) is 20.4. The van der Waals surface area contributed by atoms with Crippen LogP contribution in [0, 0.1) is 5.92 Å².